The Hall–Kier alpha value is -1.16. The highest BCUT2D eigenvalue weighted by Crippen LogP contribution is 2.47. The van der Waals surface area contributed by atoms with Crippen LogP contribution in [0.3, 0.4) is 0 Å². The van der Waals surface area contributed by atoms with Crippen molar-refractivity contribution in [2.75, 3.05) is 0 Å². The summed E-state index contributed by atoms with van der Waals surface area (Å²) in [5.74, 6) is -1.87. The first-order valence-corrected chi connectivity index (χ1v) is 6.08. The molecule has 5 heteroatoms. The van der Waals surface area contributed by atoms with Gasteiger partial charge in [-0.2, -0.15) is 0 Å². The number of cyclic esters (lactones) is 2. The molecule has 0 aromatic carbocycles. The van der Waals surface area contributed by atoms with E-state index in [2.05, 4.69) is 4.74 Å². The van der Waals surface area contributed by atoms with Crippen LogP contribution in [0.25, 0.3) is 0 Å². The van der Waals surface area contributed by atoms with E-state index in [1.54, 1.807) is 0 Å². The van der Waals surface area contributed by atoms with E-state index >= 15 is 0 Å². The molecule has 0 aromatic heterocycles. The predicted molar refractivity (Wildman–Crippen MR) is 57.9 cm³/mol. The number of allylic oxidation sites excluding steroid dienone is 2. The molecule has 3 aliphatic rings. The molecule has 2 aliphatic carbocycles. The van der Waals surface area contributed by atoms with Crippen LogP contribution in [-0.4, -0.2) is 17.2 Å². The summed E-state index contributed by atoms with van der Waals surface area (Å²) in [5, 5.41) is -0.350. The fraction of sp³-hybridized carbons (Fsp3) is 0.583. The van der Waals surface area contributed by atoms with Crippen molar-refractivity contribution in [1.82, 2.24) is 0 Å². The third-order valence-corrected chi connectivity index (χ3v) is 4.30. The number of rotatable bonds is 1. The average Bonchev–Trinajstić information content (AvgIpc) is 2.53. The molecule has 90 valence electrons. The second kappa shape index (κ2) is 3.67. The predicted octanol–water partition coefficient (Wildman–Crippen LogP) is 1.42. The van der Waals surface area contributed by atoms with Gasteiger partial charge in [-0.25, -0.2) is 0 Å². The first-order chi connectivity index (χ1) is 8.06. The number of hydrogen-bond donors (Lipinski definition) is 0. The van der Waals surface area contributed by atoms with Crippen LogP contribution in [0, 0.1) is 23.7 Å². The molecule has 0 radical (unpaired) electrons. The largest absolute Gasteiger partial charge is 0.393 e. The van der Waals surface area contributed by atoms with Crippen LogP contribution in [-0.2, 0) is 19.1 Å². The number of esters is 2. The van der Waals surface area contributed by atoms with Crippen molar-refractivity contribution in [1.29, 1.82) is 0 Å². The van der Waals surface area contributed by atoms with Crippen molar-refractivity contribution in [3.8, 4) is 0 Å². The lowest BCUT2D eigenvalue weighted by Gasteiger charge is -2.35. The van der Waals surface area contributed by atoms with Crippen LogP contribution in [0.4, 0.5) is 0 Å². The van der Waals surface area contributed by atoms with Gasteiger partial charge in [-0.1, -0.05) is 11.6 Å². The number of hydrogen-bond acceptors (Lipinski definition) is 4. The molecule has 3 rings (SSSR count). The van der Waals surface area contributed by atoms with Gasteiger partial charge in [0.15, 0.2) is 0 Å². The first kappa shape index (κ1) is 11.0. The van der Waals surface area contributed by atoms with Gasteiger partial charge in [0.1, 0.15) is 0 Å². The molecule has 0 spiro atoms. The van der Waals surface area contributed by atoms with Gasteiger partial charge >= 0.3 is 11.9 Å². The van der Waals surface area contributed by atoms with Crippen molar-refractivity contribution in [2.24, 2.45) is 23.7 Å². The maximum absolute atomic E-state index is 11.6. The third-order valence-electron chi connectivity index (χ3n) is 3.99. The van der Waals surface area contributed by atoms with E-state index in [0.29, 0.717) is 19.3 Å². The molecular formula is C12H11ClO4. The van der Waals surface area contributed by atoms with Gasteiger partial charge in [0, 0.05) is 5.92 Å². The van der Waals surface area contributed by atoms with Gasteiger partial charge in [0.05, 0.1) is 11.8 Å². The zero-order valence-corrected chi connectivity index (χ0v) is 9.77. The van der Waals surface area contributed by atoms with Crippen LogP contribution in [0.5, 0.6) is 0 Å². The van der Waals surface area contributed by atoms with E-state index in [4.69, 9.17) is 11.6 Å². The van der Waals surface area contributed by atoms with E-state index in [-0.39, 0.29) is 23.0 Å². The number of carbonyl (C=O) groups is 3. The molecule has 4 atom stereocenters. The van der Waals surface area contributed by atoms with Crippen molar-refractivity contribution in [3.63, 3.8) is 0 Å². The number of fused-ring (bicyclic) bond motifs is 3. The minimum absolute atomic E-state index is 0.0656. The molecule has 1 aliphatic heterocycles. The maximum Gasteiger partial charge on any atom is 0.318 e. The molecule has 4 unspecified atom stereocenters. The van der Waals surface area contributed by atoms with Crippen molar-refractivity contribution in [2.45, 2.75) is 19.3 Å². The van der Waals surface area contributed by atoms with Gasteiger partial charge in [-0.15, -0.1) is 0 Å². The lowest BCUT2D eigenvalue weighted by atomic mass is 9.66. The molecule has 1 saturated heterocycles. The summed E-state index contributed by atoms with van der Waals surface area (Å²) in [4.78, 5) is 34.3. The molecule has 0 saturated carbocycles. The average molecular weight is 255 g/mol. The Bertz CT molecular complexity index is 453. The van der Waals surface area contributed by atoms with Crippen molar-refractivity contribution < 1.29 is 19.1 Å². The fourth-order valence-corrected chi connectivity index (χ4v) is 3.43. The van der Waals surface area contributed by atoms with E-state index in [1.165, 1.54) is 0 Å². The Morgan fingerprint density at radius 3 is 2.76 bits per heavy atom. The molecule has 0 amide bonds. The molecule has 2 bridgehead atoms. The zero-order valence-electron chi connectivity index (χ0n) is 9.02. The monoisotopic (exact) mass is 254 g/mol. The molecular weight excluding hydrogens is 244 g/mol. The lowest BCUT2D eigenvalue weighted by molar-refractivity contribution is -0.154. The van der Waals surface area contributed by atoms with Crippen LogP contribution in [0.2, 0.25) is 0 Å². The molecule has 4 nitrogen and oxygen atoms in total. The van der Waals surface area contributed by atoms with Gasteiger partial charge < -0.3 is 4.74 Å². The summed E-state index contributed by atoms with van der Waals surface area (Å²) in [7, 11) is 0. The highest BCUT2D eigenvalue weighted by molar-refractivity contribution is 6.64. The van der Waals surface area contributed by atoms with Crippen molar-refractivity contribution in [3.05, 3.63) is 11.6 Å². The molecule has 1 fully saturated rings. The van der Waals surface area contributed by atoms with Crippen LogP contribution >= 0.6 is 11.6 Å². The normalized spacial score (nSPS) is 39.5. The van der Waals surface area contributed by atoms with Crippen LogP contribution in [0.1, 0.15) is 19.3 Å². The number of halogens is 1. The van der Waals surface area contributed by atoms with E-state index in [0.717, 1.165) is 5.57 Å². The topological polar surface area (TPSA) is 60.4 Å². The number of ether oxygens (including phenoxy) is 1. The zero-order chi connectivity index (χ0) is 12.2. The Balaban J connectivity index is 1.92. The Labute approximate surface area is 103 Å². The highest BCUT2D eigenvalue weighted by Gasteiger charge is 2.52. The fourth-order valence-electron chi connectivity index (χ4n) is 3.26. The summed E-state index contributed by atoms with van der Waals surface area (Å²) in [6.07, 6.45) is 3.72. The smallest absolute Gasteiger partial charge is 0.318 e. The highest BCUT2D eigenvalue weighted by atomic mass is 35.5. The minimum atomic E-state index is -0.442. The summed E-state index contributed by atoms with van der Waals surface area (Å²) < 4.78 is 4.68. The summed E-state index contributed by atoms with van der Waals surface area (Å²) in [6, 6.07) is 0. The second-order valence-electron chi connectivity index (χ2n) is 5.01. The minimum Gasteiger partial charge on any atom is -0.393 e. The number of carbonyl (C=O) groups excluding carboxylic acids is 3. The van der Waals surface area contributed by atoms with E-state index in [1.807, 2.05) is 6.08 Å². The van der Waals surface area contributed by atoms with Crippen LogP contribution in [0.15, 0.2) is 11.6 Å². The summed E-state index contributed by atoms with van der Waals surface area (Å²) in [6.45, 7) is 0. The Morgan fingerprint density at radius 1 is 1.29 bits per heavy atom. The van der Waals surface area contributed by atoms with Crippen molar-refractivity contribution >= 4 is 28.8 Å². The third kappa shape index (κ3) is 1.62. The van der Waals surface area contributed by atoms with Gasteiger partial charge in [-0.3, -0.25) is 14.4 Å². The van der Waals surface area contributed by atoms with E-state index in [9.17, 15) is 14.4 Å². The molecule has 17 heavy (non-hydrogen) atoms. The first-order valence-electron chi connectivity index (χ1n) is 5.70. The standard InChI is InChI=1S/C12H11ClO4/c13-10(14)7-2-5-1-6(4-7)9-8(3-5)11(15)17-12(9)16/h1,6-9H,2-4H2. The van der Waals surface area contributed by atoms with Gasteiger partial charge in [0.2, 0.25) is 5.24 Å². The Kier molecular flexibility index (Phi) is 2.36. The summed E-state index contributed by atoms with van der Waals surface area (Å²) >= 11 is 5.53. The molecule has 0 aromatic rings. The van der Waals surface area contributed by atoms with Gasteiger partial charge in [-0.05, 0) is 36.8 Å². The van der Waals surface area contributed by atoms with Gasteiger partial charge in [0.25, 0.3) is 0 Å². The maximum atomic E-state index is 11.6. The molecule has 1 heterocycles. The second-order valence-corrected chi connectivity index (χ2v) is 5.38. The van der Waals surface area contributed by atoms with Crippen LogP contribution < -0.4 is 0 Å². The Morgan fingerprint density at radius 2 is 2.06 bits per heavy atom. The lowest BCUT2D eigenvalue weighted by Crippen LogP contribution is -2.35. The SMILES string of the molecule is O=C(Cl)C1CC2=CC(C1)C1C(=O)OC(=O)C1C2. The summed E-state index contributed by atoms with van der Waals surface area (Å²) in [5.41, 5.74) is 1.06. The molecule has 0 N–H and O–H groups in total. The quantitative estimate of drug-likeness (QED) is 0.307. The van der Waals surface area contributed by atoms with E-state index < -0.39 is 17.9 Å².